The van der Waals surface area contributed by atoms with Gasteiger partial charge in [0.2, 0.25) is 5.76 Å². The predicted molar refractivity (Wildman–Crippen MR) is 126 cm³/mol. The largest absolute Gasteiger partial charge is 0.450 e. The third-order valence-electron chi connectivity index (χ3n) is 5.90. The Labute approximate surface area is 190 Å². The third-order valence-corrected chi connectivity index (χ3v) is 6.65. The number of carbonyl (C=O) groups excluding carboxylic acids is 1. The zero-order valence-corrected chi connectivity index (χ0v) is 18.9. The van der Waals surface area contributed by atoms with E-state index in [-0.39, 0.29) is 17.1 Å². The molecule has 0 bridgehead atoms. The average molecular weight is 443 g/mol. The summed E-state index contributed by atoms with van der Waals surface area (Å²) in [5.74, 6) is -0.140. The van der Waals surface area contributed by atoms with E-state index < -0.39 is 6.04 Å². The molecular formula is C26H22N2O3S. The van der Waals surface area contributed by atoms with Crippen LogP contribution in [-0.4, -0.2) is 22.0 Å². The van der Waals surface area contributed by atoms with Gasteiger partial charge in [0.1, 0.15) is 5.58 Å². The lowest BCUT2D eigenvalue weighted by Gasteiger charge is -2.25. The van der Waals surface area contributed by atoms with E-state index in [0.717, 1.165) is 27.1 Å². The first kappa shape index (κ1) is 20.5. The first-order valence-electron chi connectivity index (χ1n) is 10.4. The minimum absolute atomic E-state index is 0.136. The quantitative estimate of drug-likeness (QED) is 0.403. The van der Waals surface area contributed by atoms with Crippen molar-refractivity contribution in [2.45, 2.75) is 31.3 Å². The second-order valence-electron chi connectivity index (χ2n) is 8.10. The number of benzene rings is 2. The summed E-state index contributed by atoms with van der Waals surface area (Å²) in [6.07, 6.45) is 5.46. The van der Waals surface area contributed by atoms with Crippen molar-refractivity contribution in [3.63, 3.8) is 0 Å². The van der Waals surface area contributed by atoms with Gasteiger partial charge < -0.3 is 9.32 Å². The van der Waals surface area contributed by atoms with Gasteiger partial charge in [-0.3, -0.25) is 14.6 Å². The average Bonchev–Trinajstić information content (AvgIpc) is 3.07. The highest BCUT2D eigenvalue weighted by atomic mass is 32.2. The number of aromatic nitrogens is 1. The zero-order chi connectivity index (χ0) is 22.4. The van der Waals surface area contributed by atoms with E-state index in [1.54, 1.807) is 29.1 Å². The van der Waals surface area contributed by atoms with Gasteiger partial charge in [-0.15, -0.1) is 11.8 Å². The van der Waals surface area contributed by atoms with E-state index >= 15 is 0 Å². The van der Waals surface area contributed by atoms with Crippen LogP contribution < -0.4 is 5.43 Å². The first-order chi connectivity index (χ1) is 15.5. The molecule has 1 aliphatic rings. The number of pyridine rings is 1. The molecule has 2 aromatic carbocycles. The van der Waals surface area contributed by atoms with Crippen LogP contribution in [0.4, 0.5) is 0 Å². The maximum absolute atomic E-state index is 13.7. The second-order valence-corrected chi connectivity index (χ2v) is 8.98. The van der Waals surface area contributed by atoms with Crippen molar-refractivity contribution >= 4 is 28.6 Å². The summed E-state index contributed by atoms with van der Waals surface area (Å²) >= 11 is 1.65. The molecule has 4 aromatic rings. The summed E-state index contributed by atoms with van der Waals surface area (Å²) in [7, 11) is 0. The minimum Gasteiger partial charge on any atom is -0.450 e. The van der Waals surface area contributed by atoms with Gasteiger partial charge in [-0.05, 0) is 66.6 Å². The number of rotatable bonds is 4. The van der Waals surface area contributed by atoms with Crippen LogP contribution in [0.15, 0.2) is 75.0 Å². The molecule has 3 heterocycles. The lowest BCUT2D eigenvalue weighted by molar-refractivity contribution is 0.0714. The fourth-order valence-corrected chi connectivity index (χ4v) is 4.87. The number of amides is 1. The Bertz CT molecular complexity index is 1400. The molecule has 5 nitrogen and oxygen atoms in total. The molecule has 0 fully saturated rings. The Hall–Kier alpha value is -3.38. The number of aryl methyl sites for hydroxylation is 2. The summed E-state index contributed by atoms with van der Waals surface area (Å²) < 4.78 is 6.14. The Balaban J connectivity index is 1.74. The molecule has 160 valence electrons. The standard InChI is InChI=1S/C26H22N2O3S/c1-15-11-16(2)24-20(12-15)23(29)21-22(18-6-8-19(32-3)9-7-18)28(26(30)25(21)31-24)14-17-5-4-10-27-13-17/h4-13,22H,14H2,1-3H3. The molecule has 0 N–H and O–H groups in total. The third kappa shape index (κ3) is 3.31. The van der Waals surface area contributed by atoms with Crippen LogP contribution in [0.25, 0.3) is 11.0 Å². The van der Waals surface area contributed by atoms with Gasteiger partial charge in [-0.1, -0.05) is 24.3 Å². The minimum atomic E-state index is -0.518. The molecule has 0 radical (unpaired) electrons. The Morgan fingerprint density at radius 3 is 2.56 bits per heavy atom. The maximum Gasteiger partial charge on any atom is 0.291 e. The second kappa shape index (κ2) is 7.95. The van der Waals surface area contributed by atoms with Crippen LogP contribution in [0.2, 0.25) is 0 Å². The van der Waals surface area contributed by atoms with Crippen molar-refractivity contribution < 1.29 is 9.21 Å². The molecule has 6 heteroatoms. The van der Waals surface area contributed by atoms with Crippen molar-refractivity contribution in [1.29, 1.82) is 0 Å². The number of hydrogen-bond acceptors (Lipinski definition) is 5. The van der Waals surface area contributed by atoms with Crippen LogP contribution in [-0.2, 0) is 6.54 Å². The molecule has 0 saturated carbocycles. The smallest absolute Gasteiger partial charge is 0.291 e. The van der Waals surface area contributed by atoms with E-state index in [4.69, 9.17) is 4.42 Å². The van der Waals surface area contributed by atoms with Gasteiger partial charge in [0.25, 0.3) is 5.91 Å². The zero-order valence-electron chi connectivity index (χ0n) is 18.1. The number of fused-ring (bicyclic) bond motifs is 2. The van der Waals surface area contributed by atoms with Gasteiger partial charge in [0, 0.05) is 23.8 Å². The molecule has 0 saturated heterocycles. The Morgan fingerprint density at radius 2 is 1.88 bits per heavy atom. The van der Waals surface area contributed by atoms with E-state index in [2.05, 4.69) is 4.98 Å². The molecular weight excluding hydrogens is 420 g/mol. The number of hydrogen-bond donors (Lipinski definition) is 0. The highest BCUT2D eigenvalue weighted by Gasteiger charge is 2.42. The molecule has 1 aliphatic heterocycles. The van der Waals surface area contributed by atoms with Crippen molar-refractivity contribution in [3.8, 4) is 0 Å². The molecule has 0 aliphatic carbocycles. The van der Waals surface area contributed by atoms with Crippen LogP contribution in [0.1, 0.15) is 44.4 Å². The normalized spacial score (nSPS) is 15.4. The summed E-state index contributed by atoms with van der Waals surface area (Å²) in [6.45, 7) is 4.19. The van der Waals surface area contributed by atoms with Gasteiger partial charge in [0.05, 0.1) is 17.0 Å². The maximum atomic E-state index is 13.7. The highest BCUT2D eigenvalue weighted by Crippen LogP contribution is 2.40. The molecule has 1 unspecified atom stereocenters. The van der Waals surface area contributed by atoms with E-state index in [1.807, 2.05) is 68.6 Å². The molecule has 0 spiro atoms. The molecule has 1 atom stereocenters. The van der Waals surface area contributed by atoms with Crippen molar-refractivity contribution in [2.75, 3.05) is 6.26 Å². The topological polar surface area (TPSA) is 63.4 Å². The lowest BCUT2D eigenvalue weighted by Crippen LogP contribution is -2.29. The number of thioether (sulfide) groups is 1. The molecule has 32 heavy (non-hydrogen) atoms. The van der Waals surface area contributed by atoms with Crippen molar-refractivity contribution in [2.24, 2.45) is 0 Å². The summed E-state index contributed by atoms with van der Waals surface area (Å²) in [6, 6.07) is 15.1. The van der Waals surface area contributed by atoms with E-state index in [0.29, 0.717) is 23.1 Å². The van der Waals surface area contributed by atoms with Crippen LogP contribution in [0.3, 0.4) is 0 Å². The molecule has 2 aromatic heterocycles. The first-order valence-corrected chi connectivity index (χ1v) is 11.6. The van der Waals surface area contributed by atoms with Gasteiger partial charge in [-0.2, -0.15) is 0 Å². The molecule has 5 rings (SSSR count). The summed E-state index contributed by atoms with van der Waals surface area (Å²) in [4.78, 5) is 34.3. The SMILES string of the molecule is CSc1ccc(C2c3c(oc4c(C)cc(C)cc4c3=O)C(=O)N2Cc2cccnc2)cc1. The van der Waals surface area contributed by atoms with Crippen LogP contribution >= 0.6 is 11.8 Å². The number of carbonyl (C=O) groups is 1. The van der Waals surface area contributed by atoms with E-state index in [1.165, 1.54) is 0 Å². The predicted octanol–water partition coefficient (Wildman–Crippen LogP) is 5.27. The van der Waals surface area contributed by atoms with Gasteiger partial charge in [-0.25, -0.2) is 0 Å². The van der Waals surface area contributed by atoms with Gasteiger partial charge >= 0.3 is 0 Å². The monoisotopic (exact) mass is 442 g/mol. The lowest BCUT2D eigenvalue weighted by atomic mass is 9.97. The molecule has 1 amide bonds. The van der Waals surface area contributed by atoms with Gasteiger partial charge in [0.15, 0.2) is 5.43 Å². The Morgan fingerprint density at radius 1 is 1.09 bits per heavy atom. The summed E-state index contributed by atoms with van der Waals surface area (Å²) in [5.41, 5.74) is 4.35. The van der Waals surface area contributed by atoms with Crippen LogP contribution in [0.5, 0.6) is 0 Å². The van der Waals surface area contributed by atoms with Crippen LogP contribution in [0, 0.1) is 13.8 Å². The van der Waals surface area contributed by atoms with Crippen molar-refractivity contribution in [1.82, 2.24) is 9.88 Å². The fraction of sp³-hybridized carbons (Fsp3) is 0.192. The summed E-state index contributed by atoms with van der Waals surface area (Å²) in [5, 5.41) is 0.517. The number of nitrogens with zero attached hydrogens (tertiary/aromatic N) is 2. The fourth-order valence-electron chi connectivity index (χ4n) is 4.46. The highest BCUT2D eigenvalue weighted by molar-refractivity contribution is 7.98. The Kier molecular flexibility index (Phi) is 5.10. The van der Waals surface area contributed by atoms with E-state index in [9.17, 15) is 9.59 Å². The van der Waals surface area contributed by atoms with Crippen molar-refractivity contribution in [3.05, 3.63) is 105 Å².